The predicted octanol–water partition coefficient (Wildman–Crippen LogP) is 3.28. The van der Waals surface area contributed by atoms with Gasteiger partial charge in [0.25, 0.3) is 5.56 Å². The molecule has 0 fully saturated rings. The number of carbonyl (C=O) groups is 1. The molecule has 1 aromatic heterocycles. The second-order valence-electron chi connectivity index (χ2n) is 4.58. The molecule has 2 rings (SSSR count). The van der Waals surface area contributed by atoms with Gasteiger partial charge in [-0.1, -0.05) is 35.0 Å². The molecule has 0 aliphatic rings. The van der Waals surface area contributed by atoms with Gasteiger partial charge in [-0.2, -0.15) is 0 Å². The molecule has 0 bridgehead atoms. The molecule has 4 nitrogen and oxygen atoms in total. The van der Waals surface area contributed by atoms with Crippen LogP contribution in [0.15, 0.2) is 51.9 Å². The number of hydrogen-bond acceptors (Lipinski definition) is 3. The van der Waals surface area contributed by atoms with E-state index in [9.17, 15) is 9.59 Å². The van der Waals surface area contributed by atoms with E-state index in [1.807, 2.05) is 6.92 Å². The minimum atomic E-state index is -0.281. The predicted molar refractivity (Wildman–Crippen MR) is 85.0 cm³/mol. The number of rotatable bonds is 6. The maximum absolute atomic E-state index is 12.2. The lowest BCUT2D eigenvalue weighted by molar-refractivity contribution is 0.0970. The Morgan fingerprint density at radius 3 is 2.62 bits per heavy atom. The largest absolute Gasteiger partial charge is 0.488 e. The van der Waals surface area contributed by atoms with E-state index >= 15 is 0 Å². The second-order valence-corrected chi connectivity index (χ2v) is 5.50. The van der Waals surface area contributed by atoms with E-state index in [2.05, 4.69) is 15.9 Å². The van der Waals surface area contributed by atoms with E-state index in [1.54, 1.807) is 42.6 Å². The molecule has 0 atom stereocenters. The van der Waals surface area contributed by atoms with Gasteiger partial charge in [0.1, 0.15) is 0 Å². The number of Topliss-reactive ketones (excluding diaryl/α,β-unsaturated/α-hetero) is 1. The average Bonchev–Trinajstić information content (AvgIpc) is 2.49. The highest BCUT2D eigenvalue weighted by Crippen LogP contribution is 2.11. The molecule has 5 heteroatoms. The van der Waals surface area contributed by atoms with Crippen molar-refractivity contribution < 1.29 is 9.53 Å². The third-order valence-corrected chi connectivity index (χ3v) is 3.46. The smallest absolute Gasteiger partial charge is 0.293 e. The van der Waals surface area contributed by atoms with Gasteiger partial charge in [-0.15, -0.1) is 0 Å². The molecule has 0 unspecified atom stereocenters. The zero-order valence-corrected chi connectivity index (χ0v) is 13.3. The number of ketones is 1. The van der Waals surface area contributed by atoms with Crippen molar-refractivity contribution >= 4 is 21.7 Å². The van der Waals surface area contributed by atoms with Crippen molar-refractivity contribution in [1.82, 2.24) is 4.57 Å². The van der Waals surface area contributed by atoms with Gasteiger partial charge in [0.2, 0.25) is 0 Å². The van der Waals surface area contributed by atoms with Crippen LogP contribution in [0.2, 0.25) is 0 Å². The fraction of sp³-hybridized carbons (Fsp3) is 0.250. The van der Waals surface area contributed by atoms with Gasteiger partial charge in [-0.3, -0.25) is 9.59 Å². The number of hydrogen-bond donors (Lipinski definition) is 0. The number of benzene rings is 1. The normalized spacial score (nSPS) is 10.4. The fourth-order valence-corrected chi connectivity index (χ4v) is 2.11. The summed E-state index contributed by atoms with van der Waals surface area (Å²) in [7, 11) is 0. The topological polar surface area (TPSA) is 48.3 Å². The average molecular weight is 350 g/mol. The zero-order valence-electron chi connectivity index (χ0n) is 11.7. The van der Waals surface area contributed by atoms with Gasteiger partial charge in [-0.25, -0.2) is 0 Å². The molecule has 0 amide bonds. The van der Waals surface area contributed by atoms with E-state index in [0.29, 0.717) is 12.2 Å². The van der Waals surface area contributed by atoms with Crippen molar-refractivity contribution in [3.63, 3.8) is 0 Å². The Hall–Kier alpha value is -1.88. The minimum absolute atomic E-state index is 0.00376. The van der Waals surface area contributed by atoms with Crippen LogP contribution in [0.5, 0.6) is 5.75 Å². The Labute approximate surface area is 131 Å². The first-order valence-electron chi connectivity index (χ1n) is 6.73. The Bertz CT molecular complexity index is 677. The van der Waals surface area contributed by atoms with Crippen molar-refractivity contribution in [2.45, 2.75) is 19.9 Å². The molecule has 0 saturated heterocycles. The van der Waals surface area contributed by atoms with Crippen LogP contribution in [-0.4, -0.2) is 17.0 Å². The standard InChI is InChI=1S/C16H16BrNO3/c1-2-10-21-15-4-3-9-18(16(15)20)11-14(19)12-5-7-13(17)8-6-12/h3-9H,2,10-11H2,1H3. The monoisotopic (exact) mass is 349 g/mol. The highest BCUT2D eigenvalue weighted by molar-refractivity contribution is 9.10. The Balaban J connectivity index is 2.17. The highest BCUT2D eigenvalue weighted by atomic mass is 79.9. The molecule has 21 heavy (non-hydrogen) atoms. The number of nitrogens with zero attached hydrogens (tertiary/aromatic N) is 1. The maximum atomic E-state index is 12.2. The van der Waals surface area contributed by atoms with Crippen LogP contribution in [0.4, 0.5) is 0 Å². The van der Waals surface area contributed by atoms with Crippen molar-refractivity contribution in [2.24, 2.45) is 0 Å². The van der Waals surface area contributed by atoms with E-state index in [1.165, 1.54) is 4.57 Å². The summed E-state index contributed by atoms with van der Waals surface area (Å²) < 4.78 is 7.66. The molecule has 1 heterocycles. The molecular weight excluding hydrogens is 334 g/mol. The summed E-state index contributed by atoms with van der Waals surface area (Å²) in [6.07, 6.45) is 2.42. The van der Waals surface area contributed by atoms with Crippen molar-refractivity contribution in [2.75, 3.05) is 6.61 Å². The summed E-state index contributed by atoms with van der Waals surface area (Å²) in [4.78, 5) is 24.4. The van der Waals surface area contributed by atoms with Crippen LogP contribution in [0.25, 0.3) is 0 Å². The molecule has 0 aliphatic carbocycles. The first-order chi connectivity index (χ1) is 10.1. The third-order valence-electron chi connectivity index (χ3n) is 2.93. The van der Waals surface area contributed by atoms with Crippen LogP contribution >= 0.6 is 15.9 Å². The molecule has 0 spiro atoms. The van der Waals surface area contributed by atoms with Crippen LogP contribution in [-0.2, 0) is 6.54 Å². The lowest BCUT2D eigenvalue weighted by Gasteiger charge is -2.08. The molecule has 2 aromatic rings. The summed E-state index contributed by atoms with van der Waals surface area (Å²) in [5.41, 5.74) is 0.293. The summed E-state index contributed by atoms with van der Waals surface area (Å²) in [5, 5.41) is 0. The van der Waals surface area contributed by atoms with E-state index < -0.39 is 0 Å². The Morgan fingerprint density at radius 1 is 1.24 bits per heavy atom. The quantitative estimate of drug-likeness (QED) is 0.752. The SMILES string of the molecule is CCCOc1cccn(CC(=O)c2ccc(Br)cc2)c1=O. The van der Waals surface area contributed by atoms with Crippen molar-refractivity contribution in [3.8, 4) is 5.75 Å². The van der Waals surface area contributed by atoms with Gasteiger partial charge in [-0.05, 0) is 30.7 Å². The summed E-state index contributed by atoms with van der Waals surface area (Å²) in [6, 6.07) is 10.4. The van der Waals surface area contributed by atoms with Gasteiger partial charge in [0.15, 0.2) is 11.5 Å². The molecule has 0 N–H and O–H groups in total. The van der Waals surface area contributed by atoms with Gasteiger partial charge in [0.05, 0.1) is 13.2 Å². The lowest BCUT2D eigenvalue weighted by Crippen LogP contribution is -2.25. The number of carbonyl (C=O) groups excluding carboxylic acids is 1. The van der Waals surface area contributed by atoms with Crippen LogP contribution < -0.4 is 10.3 Å². The van der Waals surface area contributed by atoms with Gasteiger partial charge in [0, 0.05) is 16.2 Å². The van der Waals surface area contributed by atoms with Gasteiger partial charge < -0.3 is 9.30 Å². The molecule has 0 saturated carbocycles. The number of aromatic nitrogens is 1. The molecule has 110 valence electrons. The molecule has 0 aliphatic heterocycles. The Kier molecular flexibility index (Phi) is 5.33. The van der Waals surface area contributed by atoms with Crippen molar-refractivity contribution in [1.29, 1.82) is 0 Å². The van der Waals surface area contributed by atoms with Crippen LogP contribution in [0, 0.1) is 0 Å². The zero-order chi connectivity index (χ0) is 15.2. The third kappa shape index (κ3) is 4.04. The first-order valence-corrected chi connectivity index (χ1v) is 7.52. The first kappa shape index (κ1) is 15.5. The van der Waals surface area contributed by atoms with E-state index in [0.717, 1.165) is 10.9 Å². The minimum Gasteiger partial charge on any atom is -0.488 e. The molecular formula is C16H16BrNO3. The summed E-state index contributed by atoms with van der Waals surface area (Å²) >= 11 is 3.32. The van der Waals surface area contributed by atoms with E-state index in [4.69, 9.17) is 4.74 Å². The van der Waals surface area contributed by atoms with Crippen LogP contribution in [0.1, 0.15) is 23.7 Å². The highest BCUT2D eigenvalue weighted by Gasteiger charge is 2.10. The molecule has 0 radical (unpaired) electrons. The van der Waals surface area contributed by atoms with E-state index in [-0.39, 0.29) is 23.6 Å². The fourth-order valence-electron chi connectivity index (χ4n) is 1.84. The summed E-state index contributed by atoms with van der Waals surface area (Å²) in [6.45, 7) is 2.46. The number of pyridine rings is 1. The lowest BCUT2D eigenvalue weighted by atomic mass is 10.1. The number of halogens is 1. The van der Waals surface area contributed by atoms with Crippen molar-refractivity contribution in [3.05, 3.63) is 63.0 Å². The second kappa shape index (κ2) is 7.22. The maximum Gasteiger partial charge on any atom is 0.293 e. The van der Waals surface area contributed by atoms with Gasteiger partial charge >= 0.3 is 0 Å². The molecule has 1 aromatic carbocycles. The summed E-state index contributed by atoms with van der Waals surface area (Å²) in [5.74, 6) is 0.167. The van der Waals surface area contributed by atoms with Crippen LogP contribution in [0.3, 0.4) is 0 Å². The Morgan fingerprint density at radius 2 is 1.95 bits per heavy atom. The number of ether oxygens (including phenoxy) is 1.